The van der Waals surface area contributed by atoms with Gasteiger partial charge < -0.3 is 15.1 Å². The molecule has 2 heterocycles. The fourth-order valence-corrected chi connectivity index (χ4v) is 2.23. The third-order valence-corrected chi connectivity index (χ3v) is 3.40. The van der Waals surface area contributed by atoms with Crippen molar-refractivity contribution in [3.63, 3.8) is 0 Å². The molecule has 0 aliphatic carbocycles. The summed E-state index contributed by atoms with van der Waals surface area (Å²) in [5.41, 5.74) is 0.547. The molecule has 0 spiro atoms. The van der Waals surface area contributed by atoms with Gasteiger partial charge in [0.1, 0.15) is 0 Å². The van der Waals surface area contributed by atoms with Crippen LogP contribution in [-0.2, 0) is 0 Å². The average Bonchev–Trinajstić information content (AvgIpc) is 2.77. The number of amides is 1. The van der Waals surface area contributed by atoms with E-state index in [1.807, 2.05) is 0 Å². The van der Waals surface area contributed by atoms with Crippen molar-refractivity contribution < 1.29 is 9.21 Å². The highest BCUT2D eigenvalue weighted by atomic mass is 79.9. The number of piperazine rings is 1. The van der Waals surface area contributed by atoms with Gasteiger partial charge in [0, 0.05) is 39.3 Å². The van der Waals surface area contributed by atoms with Crippen LogP contribution in [0.4, 0.5) is 0 Å². The number of rotatable bonds is 4. The van der Waals surface area contributed by atoms with Crippen molar-refractivity contribution in [3.05, 3.63) is 22.6 Å². The summed E-state index contributed by atoms with van der Waals surface area (Å²) in [6, 6.07) is 1.66. The van der Waals surface area contributed by atoms with Crippen molar-refractivity contribution in [2.75, 3.05) is 39.3 Å². The molecule has 2 rings (SSSR count). The first-order valence-corrected chi connectivity index (χ1v) is 6.51. The molecule has 0 radical (unpaired) electrons. The van der Waals surface area contributed by atoms with E-state index in [1.165, 1.54) is 6.26 Å². The Bertz CT molecular complexity index is 375. The summed E-state index contributed by atoms with van der Waals surface area (Å²) in [7, 11) is 0. The normalized spacial score (nSPS) is 17.0. The third-order valence-electron chi connectivity index (χ3n) is 2.79. The van der Waals surface area contributed by atoms with Gasteiger partial charge in [0.2, 0.25) is 0 Å². The minimum atomic E-state index is -0.0965. The molecule has 0 bridgehead atoms. The third kappa shape index (κ3) is 3.55. The first-order valence-electron chi connectivity index (χ1n) is 5.71. The summed E-state index contributed by atoms with van der Waals surface area (Å²) in [4.78, 5) is 14.1. The number of halogens is 1. The molecule has 0 unspecified atom stereocenters. The number of carbonyl (C=O) groups is 1. The smallest absolute Gasteiger partial charge is 0.255 e. The maximum Gasteiger partial charge on any atom is 0.255 e. The van der Waals surface area contributed by atoms with Gasteiger partial charge in [-0.15, -0.1) is 0 Å². The van der Waals surface area contributed by atoms with Crippen LogP contribution in [0.3, 0.4) is 0 Å². The molecule has 1 amide bonds. The highest BCUT2D eigenvalue weighted by Gasteiger charge is 2.13. The summed E-state index contributed by atoms with van der Waals surface area (Å²) >= 11 is 3.19. The van der Waals surface area contributed by atoms with E-state index < -0.39 is 0 Å². The number of hydrogen-bond donors (Lipinski definition) is 2. The lowest BCUT2D eigenvalue weighted by Crippen LogP contribution is -2.46. The second kappa shape index (κ2) is 6.18. The molecule has 1 saturated heterocycles. The average molecular weight is 302 g/mol. The quantitative estimate of drug-likeness (QED) is 0.859. The van der Waals surface area contributed by atoms with Crippen LogP contribution in [0.2, 0.25) is 0 Å². The lowest BCUT2D eigenvalue weighted by atomic mass is 10.3. The SMILES string of the molecule is O=C(NCCN1CCNCC1)c1ccoc1Br. The summed E-state index contributed by atoms with van der Waals surface area (Å²) in [6.07, 6.45) is 1.50. The van der Waals surface area contributed by atoms with E-state index in [-0.39, 0.29) is 5.91 Å². The number of furan rings is 1. The van der Waals surface area contributed by atoms with E-state index in [0.29, 0.717) is 16.8 Å². The summed E-state index contributed by atoms with van der Waals surface area (Å²) in [6.45, 7) is 5.71. The maximum absolute atomic E-state index is 11.7. The van der Waals surface area contributed by atoms with Crippen LogP contribution in [0.1, 0.15) is 10.4 Å². The second-order valence-electron chi connectivity index (χ2n) is 3.96. The Morgan fingerprint density at radius 1 is 1.53 bits per heavy atom. The molecule has 0 saturated carbocycles. The minimum Gasteiger partial charge on any atom is -0.457 e. The van der Waals surface area contributed by atoms with Crippen molar-refractivity contribution in [1.29, 1.82) is 0 Å². The van der Waals surface area contributed by atoms with Crippen molar-refractivity contribution >= 4 is 21.8 Å². The van der Waals surface area contributed by atoms with Crippen LogP contribution >= 0.6 is 15.9 Å². The Hall–Kier alpha value is -0.850. The largest absolute Gasteiger partial charge is 0.457 e. The molecule has 1 fully saturated rings. The summed E-state index contributed by atoms with van der Waals surface area (Å²) < 4.78 is 5.50. The Morgan fingerprint density at radius 2 is 2.29 bits per heavy atom. The van der Waals surface area contributed by atoms with E-state index in [2.05, 4.69) is 31.5 Å². The molecule has 94 valence electrons. The van der Waals surface area contributed by atoms with Crippen LogP contribution < -0.4 is 10.6 Å². The van der Waals surface area contributed by atoms with Crippen LogP contribution in [0.25, 0.3) is 0 Å². The molecule has 5 nitrogen and oxygen atoms in total. The van der Waals surface area contributed by atoms with Crippen LogP contribution in [-0.4, -0.2) is 50.1 Å². The van der Waals surface area contributed by atoms with Gasteiger partial charge in [-0.3, -0.25) is 9.69 Å². The lowest BCUT2D eigenvalue weighted by Gasteiger charge is -2.27. The standard InChI is InChI=1S/C11H16BrN3O2/c12-10-9(1-8-17-10)11(16)14-4-7-15-5-2-13-3-6-15/h1,8,13H,2-7H2,(H,14,16). The van der Waals surface area contributed by atoms with Crippen LogP contribution in [0.15, 0.2) is 21.4 Å². The maximum atomic E-state index is 11.7. The monoisotopic (exact) mass is 301 g/mol. The van der Waals surface area contributed by atoms with E-state index in [0.717, 1.165) is 32.7 Å². The highest BCUT2D eigenvalue weighted by Crippen LogP contribution is 2.16. The predicted molar refractivity (Wildman–Crippen MR) is 68.1 cm³/mol. The van der Waals surface area contributed by atoms with E-state index in [4.69, 9.17) is 4.42 Å². The fraction of sp³-hybridized carbons (Fsp3) is 0.545. The minimum absolute atomic E-state index is 0.0965. The Morgan fingerprint density at radius 3 is 2.94 bits per heavy atom. The van der Waals surface area contributed by atoms with Crippen molar-refractivity contribution in [1.82, 2.24) is 15.5 Å². The Balaban J connectivity index is 1.71. The zero-order valence-corrected chi connectivity index (χ0v) is 11.1. The molecular weight excluding hydrogens is 286 g/mol. The van der Waals surface area contributed by atoms with Crippen LogP contribution in [0.5, 0.6) is 0 Å². The number of nitrogens with one attached hydrogen (secondary N) is 2. The van der Waals surface area contributed by atoms with E-state index >= 15 is 0 Å². The lowest BCUT2D eigenvalue weighted by molar-refractivity contribution is 0.0945. The van der Waals surface area contributed by atoms with E-state index in [1.54, 1.807) is 6.07 Å². The van der Waals surface area contributed by atoms with Gasteiger partial charge in [-0.05, 0) is 22.0 Å². The van der Waals surface area contributed by atoms with Gasteiger partial charge in [0.15, 0.2) is 4.67 Å². The van der Waals surface area contributed by atoms with Gasteiger partial charge >= 0.3 is 0 Å². The fourth-order valence-electron chi connectivity index (χ4n) is 1.81. The Labute approximate surface area is 109 Å². The first kappa shape index (κ1) is 12.6. The highest BCUT2D eigenvalue weighted by molar-refractivity contribution is 9.10. The molecular formula is C11H16BrN3O2. The van der Waals surface area contributed by atoms with E-state index in [9.17, 15) is 4.79 Å². The van der Waals surface area contributed by atoms with Crippen molar-refractivity contribution in [2.45, 2.75) is 0 Å². The molecule has 17 heavy (non-hydrogen) atoms. The van der Waals surface area contributed by atoms with Gasteiger partial charge in [-0.25, -0.2) is 0 Å². The molecule has 1 aliphatic rings. The zero-order chi connectivity index (χ0) is 12.1. The van der Waals surface area contributed by atoms with Gasteiger partial charge in [-0.1, -0.05) is 0 Å². The zero-order valence-electron chi connectivity index (χ0n) is 9.54. The van der Waals surface area contributed by atoms with Gasteiger partial charge in [0.25, 0.3) is 5.91 Å². The topological polar surface area (TPSA) is 57.5 Å². The molecule has 1 aromatic heterocycles. The number of carbonyl (C=O) groups excluding carboxylic acids is 1. The van der Waals surface area contributed by atoms with Crippen LogP contribution in [0, 0.1) is 0 Å². The van der Waals surface area contributed by atoms with Gasteiger partial charge in [-0.2, -0.15) is 0 Å². The van der Waals surface area contributed by atoms with Gasteiger partial charge in [0.05, 0.1) is 11.8 Å². The molecule has 0 aromatic carbocycles. The molecule has 0 atom stereocenters. The molecule has 1 aromatic rings. The van der Waals surface area contributed by atoms with Crippen molar-refractivity contribution in [3.8, 4) is 0 Å². The summed E-state index contributed by atoms with van der Waals surface area (Å²) in [5.74, 6) is -0.0965. The molecule has 1 aliphatic heterocycles. The number of hydrogen-bond acceptors (Lipinski definition) is 4. The Kier molecular flexibility index (Phi) is 4.58. The molecule has 2 N–H and O–H groups in total. The number of nitrogens with zero attached hydrogens (tertiary/aromatic N) is 1. The second-order valence-corrected chi connectivity index (χ2v) is 4.68. The first-order chi connectivity index (χ1) is 8.27. The summed E-state index contributed by atoms with van der Waals surface area (Å²) in [5, 5.41) is 6.18. The molecule has 6 heteroatoms. The van der Waals surface area contributed by atoms with Crippen molar-refractivity contribution in [2.24, 2.45) is 0 Å². The predicted octanol–water partition coefficient (Wildman–Crippen LogP) is 0.677.